The van der Waals surface area contributed by atoms with Gasteiger partial charge in [0, 0.05) is 23.7 Å². The Morgan fingerprint density at radius 3 is 2.36 bits per heavy atom. The van der Waals surface area contributed by atoms with Gasteiger partial charge in [0.15, 0.2) is 5.78 Å². The Morgan fingerprint density at radius 1 is 0.821 bits per heavy atom. The number of hydrogen-bond donors (Lipinski definition) is 2. The van der Waals surface area contributed by atoms with Gasteiger partial charge in [0.05, 0.1) is 22.2 Å². The second kappa shape index (κ2) is 5.53. The van der Waals surface area contributed by atoms with Crippen LogP contribution in [0, 0.1) is 0 Å². The molecule has 136 valence electrons. The SMILES string of the molecule is Cn1c(-c2cc(O)c3c(c2)C(=O)c2cccc(O)c2C3=O)nc2ccccc21. The molecule has 4 aromatic rings. The average Bonchev–Trinajstić information content (AvgIpc) is 3.02. The summed E-state index contributed by atoms with van der Waals surface area (Å²) >= 11 is 0. The molecule has 0 amide bonds. The highest BCUT2D eigenvalue weighted by Crippen LogP contribution is 2.39. The van der Waals surface area contributed by atoms with Crippen LogP contribution in [0.1, 0.15) is 31.8 Å². The lowest BCUT2D eigenvalue weighted by Gasteiger charge is -2.20. The van der Waals surface area contributed by atoms with Gasteiger partial charge >= 0.3 is 0 Å². The summed E-state index contributed by atoms with van der Waals surface area (Å²) in [6.45, 7) is 0. The molecular formula is C22H14N2O4. The van der Waals surface area contributed by atoms with Crippen LogP contribution in [0.5, 0.6) is 11.5 Å². The summed E-state index contributed by atoms with van der Waals surface area (Å²) in [6, 6.07) is 15.0. The Kier molecular flexibility index (Phi) is 3.21. The number of imidazole rings is 1. The second-order valence-corrected chi connectivity index (χ2v) is 6.76. The first kappa shape index (κ1) is 16.3. The maximum atomic E-state index is 13.0. The van der Waals surface area contributed by atoms with Crippen molar-refractivity contribution in [2.24, 2.45) is 7.05 Å². The second-order valence-electron chi connectivity index (χ2n) is 6.76. The van der Waals surface area contributed by atoms with Crippen molar-refractivity contribution in [1.29, 1.82) is 0 Å². The number of phenols is 2. The highest BCUT2D eigenvalue weighted by molar-refractivity contribution is 6.30. The number of phenolic OH excluding ortho intramolecular Hbond substituents is 2. The van der Waals surface area contributed by atoms with Crippen LogP contribution in [-0.4, -0.2) is 31.3 Å². The van der Waals surface area contributed by atoms with Crippen LogP contribution in [0.3, 0.4) is 0 Å². The van der Waals surface area contributed by atoms with Gasteiger partial charge in [0.1, 0.15) is 17.3 Å². The predicted octanol–water partition coefficient (Wildman–Crippen LogP) is 3.43. The van der Waals surface area contributed by atoms with Gasteiger partial charge in [-0.1, -0.05) is 24.3 Å². The van der Waals surface area contributed by atoms with Crippen LogP contribution in [0.25, 0.3) is 22.4 Å². The molecule has 6 heteroatoms. The van der Waals surface area contributed by atoms with Crippen LogP contribution in [0.4, 0.5) is 0 Å². The number of carbonyl (C=O) groups excluding carboxylic acids is 2. The molecule has 2 N–H and O–H groups in total. The van der Waals surface area contributed by atoms with Gasteiger partial charge in [-0.15, -0.1) is 0 Å². The summed E-state index contributed by atoms with van der Waals surface area (Å²) < 4.78 is 1.87. The summed E-state index contributed by atoms with van der Waals surface area (Å²) in [5, 5.41) is 20.6. The van der Waals surface area contributed by atoms with Crippen LogP contribution in [-0.2, 0) is 7.05 Å². The Balaban J connectivity index is 1.76. The summed E-state index contributed by atoms with van der Waals surface area (Å²) in [7, 11) is 1.85. The fourth-order valence-corrected chi connectivity index (χ4v) is 3.82. The van der Waals surface area contributed by atoms with Crippen molar-refractivity contribution in [3.05, 3.63) is 76.9 Å². The zero-order chi connectivity index (χ0) is 19.6. The number of carbonyl (C=O) groups is 2. The van der Waals surface area contributed by atoms with Crippen molar-refractivity contribution < 1.29 is 19.8 Å². The molecule has 1 aromatic heterocycles. The molecule has 0 saturated carbocycles. The molecule has 1 heterocycles. The zero-order valence-electron chi connectivity index (χ0n) is 14.8. The smallest absolute Gasteiger partial charge is 0.201 e. The van der Waals surface area contributed by atoms with E-state index in [1.807, 2.05) is 35.9 Å². The van der Waals surface area contributed by atoms with Gasteiger partial charge in [-0.25, -0.2) is 4.98 Å². The maximum absolute atomic E-state index is 13.0. The Morgan fingerprint density at radius 2 is 1.57 bits per heavy atom. The number of aromatic hydroxyl groups is 2. The molecule has 0 saturated heterocycles. The quantitative estimate of drug-likeness (QED) is 0.472. The first-order valence-electron chi connectivity index (χ1n) is 8.67. The minimum atomic E-state index is -0.572. The van der Waals surface area contributed by atoms with Gasteiger partial charge < -0.3 is 14.8 Å². The predicted molar refractivity (Wildman–Crippen MR) is 103 cm³/mol. The minimum Gasteiger partial charge on any atom is -0.507 e. The monoisotopic (exact) mass is 370 g/mol. The van der Waals surface area contributed by atoms with Crippen molar-refractivity contribution in [3.63, 3.8) is 0 Å². The van der Waals surface area contributed by atoms with E-state index < -0.39 is 11.6 Å². The van der Waals surface area contributed by atoms with E-state index in [2.05, 4.69) is 4.98 Å². The molecular weight excluding hydrogens is 356 g/mol. The molecule has 0 spiro atoms. The van der Waals surface area contributed by atoms with E-state index in [-0.39, 0.29) is 33.8 Å². The molecule has 1 aliphatic carbocycles. The van der Waals surface area contributed by atoms with Crippen molar-refractivity contribution in [3.8, 4) is 22.9 Å². The topological polar surface area (TPSA) is 92.4 Å². The first-order valence-corrected chi connectivity index (χ1v) is 8.67. The molecule has 0 radical (unpaired) electrons. The Labute approximate surface area is 159 Å². The van der Waals surface area contributed by atoms with E-state index >= 15 is 0 Å². The van der Waals surface area contributed by atoms with E-state index in [0.717, 1.165) is 11.0 Å². The van der Waals surface area contributed by atoms with E-state index in [4.69, 9.17) is 0 Å². The summed E-state index contributed by atoms with van der Waals surface area (Å²) in [6.07, 6.45) is 0. The molecule has 0 fully saturated rings. The molecule has 0 atom stereocenters. The normalized spacial score (nSPS) is 12.9. The van der Waals surface area contributed by atoms with Crippen LogP contribution in [0.15, 0.2) is 54.6 Å². The van der Waals surface area contributed by atoms with Gasteiger partial charge in [-0.2, -0.15) is 0 Å². The number of fused-ring (bicyclic) bond motifs is 3. The van der Waals surface area contributed by atoms with Gasteiger partial charge in [-0.05, 0) is 30.3 Å². The fourth-order valence-electron chi connectivity index (χ4n) is 3.82. The first-order chi connectivity index (χ1) is 13.5. The van der Waals surface area contributed by atoms with Gasteiger partial charge in [0.25, 0.3) is 0 Å². The van der Waals surface area contributed by atoms with Crippen LogP contribution in [0.2, 0.25) is 0 Å². The lowest BCUT2D eigenvalue weighted by molar-refractivity contribution is 0.0974. The molecule has 1 aliphatic rings. The highest BCUT2D eigenvalue weighted by Gasteiger charge is 2.34. The number of aromatic nitrogens is 2. The highest BCUT2D eigenvalue weighted by atomic mass is 16.3. The minimum absolute atomic E-state index is 0.0780. The molecule has 3 aromatic carbocycles. The third-order valence-corrected chi connectivity index (χ3v) is 5.15. The largest absolute Gasteiger partial charge is 0.507 e. The van der Waals surface area contributed by atoms with E-state index in [0.29, 0.717) is 11.4 Å². The number of hydrogen-bond acceptors (Lipinski definition) is 5. The maximum Gasteiger partial charge on any atom is 0.201 e. The number of benzene rings is 3. The van der Waals surface area contributed by atoms with Crippen molar-refractivity contribution in [2.45, 2.75) is 0 Å². The standard InChI is InChI=1S/C22H14N2O4/c1-24-15-7-3-2-6-14(15)23-22(24)11-9-13-19(17(26)10-11)21(28)18-12(20(13)27)5-4-8-16(18)25/h2-10,25-26H,1H3. The summed E-state index contributed by atoms with van der Waals surface area (Å²) in [4.78, 5) is 30.4. The zero-order valence-corrected chi connectivity index (χ0v) is 14.8. The number of nitrogens with zero attached hydrogens (tertiary/aromatic N) is 2. The van der Waals surface area contributed by atoms with Crippen molar-refractivity contribution >= 4 is 22.6 Å². The van der Waals surface area contributed by atoms with Gasteiger partial charge in [0.2, 0.25) is 5.78 Å². The number of rotatable bonds is 1. The molecule has 5 rings (SSSR count). The lowest BCUT2D eigenvalue weighted by atomic mass is 9.82. The molecule has 28 heavy (non-hydrogen) atoms. The number of para-hydroxylation sites is 2. The molecule has 0 aliphatic heterocycles. The molecule has 6 nitrogen and oxygen atoms in total. The Hall–Kier alpha value is -3.93. The fraction of sp³-hybridized carbons (Fsp3) is 0.0455. The van der Waals surface area contributed by atoms with Crippen LogP contribution >= 0.6 is 0 Å². The third-order valence-electron chi connectivity index (χ3n) is 5.15. The number of aryl methyl sites for hydroxylation is 1. The van der Waals surface area contributed by atoms with E-state index in [1.54, 1.807) is 6.07 Å². The molecule has 0 unspecified atom stereocenters. The van der Waals surface area contributed by atoms with Gasteiger partial charge in [-0.3, -0.25) is 9.59 Å². The van der Waals surface area contributed by atoms with Crippen molar-refractivity contribution in [2.75, 3.05) is 0 Å². The van der Waals surface area contributed by atoms with Crippen molar-refractivity contribution in [1.82, 2.24) is 9.55 Å². The summed E-state index contributed by atoms with van der Waals surface area (Å²) in [5.74, 6) is -1.01. The third kappa shape index (κ3) is 2.05. The lowest BCUT2D eigenvalue weighted by Crippen LogP contribution is -2.21. The van der Waals surface area contributed by atoms with Crippen LogP contribution < -0.4 is 0 Å². The number of ketones is 2. The summed E-state index contributed by atoms with van der Waals surface area (Å²) in [5.41, 5.74) is 2.28. The average molecular weight is 370 g/mol. The molecule has 0 bridgehead atoms. The van der Waals surface area contributed by atoms with E-state index in [9.17, 15) is 19.8 Å². The van der Waals surface area contributed by atoms with E-state index in [1.165, 1.54) is 24.3 Å². The Bertz CT molecular complexity index is 1330.